The maximum Gasteiger partial charge on any atom is 0.252 e. The molecule has 3 rings (SSSR count). The molecule has 1 aliphatic rings. The van der Waals surface area contributed by atoms with Gasteiger partial charge in [-0.3, -0.25) is 9.79 Å². The number of hydrogen-bond donors (Lipinski definition) is 1. The van der Waals surface area contributed by atoms with Crippen molar-refractivity contribution in [2.45, 2.75) is 32.1 Å². The zero-order valence-corrected chi connectivity index (χ0v) is 16.8. The first-order valence-electron chi connectivity index (χ1n) is 8.95. The highest BCUT2D eigenvalue weighted by Gasteiger charge is 2.16. The molecule has 136 valence electrons. The van der Waals surface area contributed by atoms with Gasteiger partial charge >= 0.3 is 0 Å². The molecule has 1 unspecified atom stereocenters. The van der Waals surface area contributed by atoms with E-state index in [0.29, 0.717) is 0 Å². The minimum absolute atomic E-state index is 0.0192. The molecule has 1 aliphatic heterocycles. The third-order valence-electron chi connectivity index (χ3n) is 4.41. The number of amides is 1. The van der Waals surface area contributed by atoms with Crippen molar-refractivity contribution in [2.75, 3.05) is 12.3 Å². The number of nitrogens with zero attached hydrogens (tertiary/aromatic N) is 1. The van der Waals surface area contributed by atoms with Gasteiger partial charge in [-0.25, -0.2) is 0 Å². The van der Waals surface area contributed by atoms with Crippen molar-refractivity contribution in [3.63, 3.8) is 0 Å². The van der Waals surface area contributed by atoms with E-state index in [2.05, 4.69) is 41.5 Å². The minimum Gasteiger partial charge on any atom is -0.346 e. The highest BCUT2D eigenvalue weighted by molar-refractivity contribution is 8.38. The molecule has 0 aromatic heterocycles. The van der Waals surface area contributed by atoms with Gasteiger partial charge in [-0.2, -0.15) is 0 Å². The molecular weight excluding hydrogens is 360 g/mol. The topological polar surface area (TPSA) is 41.5 Å². The second kappa shape index (κ2) is 9.28. The van der Waals surface area contributed by atoms with E-state index in [1.165, 1.54) is 5.56 Å². The second-order valence-corrected chi connectivity index (χ2v) is 8.54. The number of carbonyl (C=O) groups is 1. The van der Waals surface area contributed by atoms with E-state index in [1.807, 2.05) is 31.2 Å². The highest BCUT2D eigenvalue weighted by atomic mass is 32.2. The molecule has 1 heterocycles. The molecule has 1 N–H and O–H groups in total. The van der Waals surface area contributed by atoms with Crippen LogP contribution in [-0.2, 0) is 12.2 Å². The van der Waals surface area contributed by atoms with Crippen molar-refractivity contribution in [3.05, 3.63) is 70.8 Å². The van der Waals surface area contributed by atoms with Crippen molar-refractivity contribution in [1.82, 2.24) is 5.32 Å². The monoisotopic (exact) mass is 384 g/mol. The average Bonchev–Trinajstić information content (AvgIpc) is 3.20. The van der Waals surface area contributed by atoms with Gasteiger partial charge in [0.25, 0.3) is 5.91 Å². The van der Waals surface area contributed by atoms with E-state index >= 15 is 0 Å². The van der Waals surface area contributed by atoms with E-state index in [1.54, 1.807) is 23.5 Å². The van der Waals surface area contributed by atoms with E-state index < -0.39 is 0 Å². The Morgan fingerprint density at radius 1 is 1.23 bits per heavy atom. The number of benzene rings is 2. The Hall–Kier alpha value is -1.72. The molecule has 26 heavy (non-hydrogen) atoms. The fourth-order valence-corrected chi connectivity index (χ4v) is 4.82. The molecule has 5 heteroatoms. The van der Waals surface area contributed by atoms with Gasteiger partial charge in [-0.15, -0.1) is 0 Å². The van der Waals surface area contributed by atoms with Gasteiger partial charge < -0.3 is 5.32 Å². The normalized spacial score (nSPS) is 14.8. The fraction of sp³-hybridized carbons (Fsp3) is 0.333. The van der Waals surface area contributed by atoms with Crippen LogP contribution in [0.4, 0.5) is 0 Å². The molecule has 0 aliphatic carbocycles. The summed E-state index contributed by atoms with van der Waals surface area (Å²) in [5.41, 5.74) is 4.24. The largest absolute Gasteiger partial charge is 0.346 e. The Morgan fingerprint density at radius 2 is 2.00 bits per heavy atom. The summed E-state index contributed by atoms with van der Waals surface area (Å²) in [7, 11) is 0. The maximum atomic E-state index is 12.8. The first kappa shape index (κ1) is 19.1. The molecule has 0 fully saturated rings. The third-order valence-corrected chi connectivity index (χ3v) is 6.71. The molecule has 1 amide bonds. The van der Waals surface area contributed by atoms with Crippen molar-refractivity contribution in [1.29, 1.82) is 0 Å². The SMILES string of the molecule is CCc1ccc(C(C)NC(=O)c2ccccc2CSC2=NCCS2)cc1. The smallest absolute Gasteiger partial charge is 0.252 e. The summed E-state index contributed by atoms with van der Waals surface area (Å²) in [5, 5.41) is 3.13. The minimum atomic E-state index is -0.0242. The molecule has 0 spiro atoms. The second-order valence-electron chi connectivity index (χ2n) is 6.23. The van der Waals surface area contributed by atoms with Crippen molar-refractivity contribution in [2.24, 2.45) is 4.99 Å². The molecule has 2 aromatic carbocycles. The molecule has 0 saturated heterocycles. The van der Waals surface area contributed by atoms with Crippen LogP contribution < -0.4 is 5.32 Å². The number of aliphatic imine (C=N–C) groups is 1. The number of nitrogens with one attached hydrogen (secondary N) is 1. The summed E-state index contributed by atoms with van der Waals surface area (Å²) in [4.78, 5) is 17.3. The quantitative estimate of drug-likeness (QED) is 0.755. The van der Waals surface area contributed by atoms with Crippen LogP contribution in [0.5, 0.6) is 0 Å². The Labute approximate surface area is 164 Å². The van der Waals surface area contributed by atoms with Crippen LogP contribution in [0.3, 0.4) is 0 Å². The number of rotatable bonds is 6. The van der Waals surface area contributed by atoms with Crippen LogP contribution in [0.1, 0.15) is 46.9 Å². The van der Waals surface area contributed by atoms with Crippen LogP contribution in [0, 0.1) is 0 Å². The van der Waals surface area contributed by atoms with E-state index in [9.17, 15) is 4.79 Å². The summed E-state index contributed by atoms with van der Waals surface area (Å²) in [5.74, 6) is 1.82. The zero-order chi connectivity index (χ0) is 18.4. The summed E-state index contributed by atoms with van der Waals surface area (Å²) in [6, 6.07) is 16.3. The Morgan fingerprint density at radius 3 is 2.69 bits per heavy atom. The van der Waals surface area contributed by atoms with E-state index in [-0.39, 0.29) is 11.9 Å². The van der Waals surface area contributed by atoms with Crippen LogP contribution in [-0.4, -0.2) is 22.6 Å². The summed E-state index contributed by atoms with van der Waals surface area (Å²) in [6.45, 7) is 5.08. The lowest BCUT2D eigenvalue weighted by atomic mass is 10.0. The molecular formula is C21H24N2OS2. The number of thioether (sulfide) groups is 2. The van der Waals surface area contributed by atoms with Gasteiger partial charge in [0.15, 0.2) is 0 Å². The van der Waals surface area contributed by atoms with Crippen molar-refractivity contribution in [3.8, 4) is 0 Å². The van der Waals surface area contributed by atoms with Gasteiger partial charge in [0.1, 0.15) is 4.38 Å². The van der Waals surface area contributed by atoms with Gasteiger partial charge in [-0.1, -0.05) is 72.9 Å². The van der Waals surface area contributed by atoms with Gasteiger partial charge in [-0.05, 0) is 36.1 Å². The predicted molar refractivity (Wildman–Crippen MR) is 114 cm³/mol. The molecule has 0 saturated carbocycles. The third kappa shape index (κ3) is 4.92. The maximum absolute atomic E-state index is 12.8. The van der Waals surface area contributed by atoms with Crippen molar-refractivity contribution >= 4 is 33.8 Å². The Balaban J connectivity index is 1.66. The first-order chi connectivity index (χ1) is 12.7. The summed E-state index contributed by atoms with van der Waals surface area (Å²) < 4.78 is 1.13. The standard InChI is InChI=1S/C21H24N2OS2/c1-3-16-8-10-17(11-9-16)15(2)23-20(24)19-7-5-4-6-18(19)14-26-21-22-12-13-25-21/h4-11,15H,3,12-14H2,1-2H3,(H,23,24). The lowest BCUT2D eigenvalue weighted by molar-refractivity contribution is 0.0939. The Kier molecular flexibility index (Phi) is 6.80. The molecule has 2 aromatic rings. The number of carbonyl (C=O) groups excluding carboxylic acids is 1. The first-order valence-corrected chi connectivity index (χ1v) is 10.9. The molecule has 3 nitrogen and oxygen atoms in total. The fourth-order valence-electron chi connectivity index (χ4n) is 2.81. The van der Waals surface area contributed by atoms with Crippen molar-refractivity contribution < 1.29 is 4.79 Å². The predicted octanol–water partition coefficient (Wildman–Crippen LogP) is 5.08. The highest BCUT2D eigenvalue weighted by Crippen LogP contribution is 2.26. The van der Waals surface area contributed by atoms with Gasteiger partial charge in [0.2, 0.25) is 0 Å². The summed E-state index contributed by atoms with van der Waals surface area (Å²) in [6.07, 6.45) is 1.02. The van der Waals surface area contributed by atoms with E-state index in [4.69, 9.17) is 0 Å². The number of aryl methyl sites for hydroxylation is 1. The lowest BCUT2D eigenvalue weighted by Crippen LogP contribution is -2.27. The average molecular weight is 385 g/mol. The lowest BCUT2D eigenvalue weighted by Gasteiger charge is -2.16. The molecule has 0 bridgehead atoms. The van der Waals surface area contributed by atoms with Gasteiger partial charge in [0, 0.05) is 17.1 Å². The van der Waals surface area contributed by atoms with Crippen LogP contribution >= 0.6 is 23.5 Å². The molecule has 0 radical (unpaired) electrons. The van der Waals surface area contributed by atoms with E-state index in [0.717, 1.165) is 45.5 Å². The van der Waals surface area contributed by atoms with Crippen LogP contribution in [0.25, 0.3) is 0 Å². The molecule has 1 atom stereocenters. The summed E-state index contributed by atoms with van der Waals surface area (Å²) >= 11 is 3.52. The number of hydrogen-bond acceptors (Lipinski definition) is 4. The van der Waals surface area contributed by atoms with Crippen LogP contribution in [0.2, 0.25) is 0 Å². The Bertz CT molecular complexity index is 787. The van der Waals surface area contributed by atoms with Gasteiger partial charge in [0.05, 0.1) is 12.6 Å². The zero-order valence-electron chi connectivity index (χ0n) is 15.2. The van der Waals surface area contributed by atoms with Crippen LogP contribution in [0.15, 0.2) is 53.5 Å².